The highest BCUT2D eigenvalue weighted by atomic mass is 35.5. The number of hydrogen-bond donors (Lipinski definition) is 0. The topological polar surface area (TPSA) is 0 Å². The number of halogens is 2. The third-order valence-electron chi connectivity index (χ3n) is 6.38. The molecule has 0 bridgehead atoms. The van der Waals surface area contributed by atoms with E-state index < -0.39 is 7.92 Å². The summed E-state index contributed by atoms with van der Waals surface area (Å²) in [6.45, 7) is 0. The highest BCUT2D eigenvalue weighted by Gasteiger charge is 2.23. The van der Waals surface area contributed by atoms with E-state index in [1.807, 2.05) is 24.3 Å². The first kappa shape index (κ1) is 22.3. The molecule has 0 amide bonds. The van der Waals surface area contributed by atoms with Crippen molar-refractivity contribution < 1.29 is 0 Å². The molecule has 6 rings (SSSR count). The molecule has 0 aliphatic rings. The van der Waals surface area contributed by atoms with Crippen LogP contribution in [0.3, 0.4) is 0 Å². The maximum atomic E-state index is 6.29. The minimum atomic E-state index is -0.861. The van der Waals surface area contributed by atoms with Crippen LogP contribution in [0.2, 0.25) is 10.0 Å². The van der Waals surface area contributed by atoms with Crippen LogP contribution >= 0.6 is 31.1 Å². The van der Waals surface area contributed by atoms with E-state index in [0.29, 0.717) is 0 Å². The van der Waals surface area contributed by atoms with Crippen LogP contribution in [0.15, 0.2) is 127 Å². The largest absolute Gasteiger partial charge is 0.0843 e. The predicted octanol–water partition coefficient (Wildman–Crippen LogP) is 8.73. The van der Waals surface area contributed by atoms with Gasteiger partial charge in [0.15, 0.2) is 0 Å². The first-order valence-corrected chi connectivity index (χ1v) is 13.6. The normalized spacial score (nSPS) is 11.4. The first-order chi connectivity index (χ1) is 17.2. The second-order valence-corrected chi connectivity index (χ2v) is 11.6. The predicted molar refractivity (Wildman–Crippen MR) is 156 cm³/mol. The number of benzene rings is 6. The Morgan fingerprint density at radius 2 is 0.943 bits per heavy atom. The van der Waals surface area contributed by atoms with E-state index >= 15 is 0 Å². The van der Waals surface area contributed by atoms with Gasteiger partial charge in [-0.3, -0.25) is 0 Å². The van der Waals surface area contributed by atoms with Gasteiger partial charge < -0.3 is 0 Å². The van der Waals surface area contributed by atoms with Crippen molar-refractivity contribution in [1.82, 2.24) is 0 Å². The van der Waals surface area contributed by atoms with Crippen molar-refractivity contribution in [3.05, 3.63) is 137 Å². The molecule has 6 aromatic carbocycles. The second kappa shape index (κ2) is 9.48. The summed E-state index contributed by atoms with van der Waals surface area (Å²) in [6, 6.07) is 45.1. The van der Waals surface area contributed by atoms with Crippen molar-refractivity contribution in [2.24, 2.45) is 0 Å². The van der Waals surface area contributed by atoms with E-state index in [1.54, 1.807) is 0 Å². The van der Waals surface area contributed by atoms with Crippen LogP contribution in [0.25, 0.3) is 32.7 Å². The van der Waals surface area contributed by atoms with Crippen molar-refractivity contribution in [1.29, 1.82) is 0 Å². The molecule has 0 nitrogen and oxygen atoms in total. The number of hydrogen-bond acceptors (Lipinski definition) is 0. The van der Waals surface area contributed by atoms with Crippen molar-refractivity contribution in [2.45, 2.75) is 0 Å². The van der Waals surface area contributed by atoms with Crippen LogP contribution in [0, 0.1) is 0 Å². The molecule has 3 heteroatoms. The third kappa shape index (κ3) is 4.24. The van der Waals surface area contributed by atoms with Gasteiger partial charge in [0, 0.05) is 10.0 Å². The fourth-order valence-corrected chi connectivity index (χ4v) is 7.47. The lowest BCUT2D eigenvalue weighted by molar-refractivity contribution is 1.70. The van der Waals surface area contributed by atoms with Gasteiger partial charge in [-0.1, -0.05) is 126 Å². The molecule has 168 valence electrons. The van der Waals surface area contributed by atoms with Crippen molar-refractivity contribution in [3.8, 4) is 11.1 Å². The summed E-state index contributed by atoms with van der Waals surface area (Å²) in [5.41, 5.74) is 2.54. The second-order valence-electron chi connectivity index (χ2n) is 8.50. The summed E-state index contributed by atoms with van der Waals surface area (Å²) in [7, 11) is -0.861. The molecule has 0 saturated heterocycles. The molecular formula is C32H21Cl2P. The van der Waals surface area contributed by atoms with Crippen LogP contribution < -0.4 is 15.9 Å². The van der Waals surface area contributed by atoms with Gasteiger partial charge in [-0.25, -0.2) is 0 Å². The molecule has 6 aromatic rings. The summed E-state index contributed by atoms with van der Waals surface area (Å²) in [5, 5.41) is 10.3. The number of rotatable bonds is 4. The van der Waals surface area contributed by atoms with Gasteiger partial charge in [-0.05, 0) is 80.8 Å². The molecule has 0 aromatic heterocycles. The SMILES string of the molecule is Clc1ccc(P(c2ccc(Cl)cc2)c2ccc3ccccc3c2-c2cccc3ccccc23)cc1. The van der Waals surface area contributed by atoms with Gasteiger partial charge >= 0.3 is 0 Å². The molecule has 0 fully saturated rings. The Morgan fingerprint density at radius 3 is 1.57 bits per heavy atom. The van der Waals surface area contributed by atoms with Gasteiger partial charge in [0.05, 0.1) is 0 Å². The van der Waals surface area contributed by atoms with E-state index in [4.69, 9.17) is 23.2 Å². The fraction of sp³-hybridized carbons (Fsp3) is 0. The maximum Gasteiger partial charge on any atom is 0.0406 e. The molecule has 0 atom stereocenters. The molecule has 35 heavy (non-hydrogen) atoms. The van der Waals surface area contributed by atoms with Crippen molar-refractivity contribution >= 4 is 68.6 Å². The lowest BCUT2D eigenvalue weighted by Crippen LogP contribution is -2.22. The Labute approximate surface area is 216 Å². The van der Waals surface area contributed by atoms with Crippen LogP contribution in [-0.4, -0.2) is 0 Å². The first-order valence-electron chi connectivity index (χ1n) is 11.5. The van der Waals surface area contributed by atoms with Crippen LogP contribution in [0.1, 0.15) is 0 Å². The Kier molecular flexibility index (Phi) is 6.05. The Bertz CT molecular complexity index is 1600. The van der Waals surface area contributed by atoms with E-state index in [0.717, 1.165) is 10.0 Å². The average Bonchev–Trinajstić information content (AvgIpc) is 2.90. The smallest absolute Gasteiger partial charge is 0.0406 e. The van der Waals surface area contributed by atoms with Gasteiger partial charge in [0.25, 0.3) is 0 Å². The average molecular weight is 507 g/mol. The lowest BCUT2D eigenvalue weighted by Gasteiger charge is -2.24. The highest BCUT2D eigenvalue weighted by molar-refractivity contribution is 7.80. The zero-order chi connectivity index (χ0) is 23.8. The van der Waals surface area contributed by atoms with Gasteiger partial charge in [-0.2, -0.15) is 0 Å². The summed E-state index contributed by atoms with van der Waals surface area (Å²) in [5.74, 6) is 0. The molecule has 0 N–H and O–H groups in total. The number of fused-ring (bicyclic) bond motifs is 2. The molecular weight excluding hydrogens is 486 g/mol. The summed E-state index contributed by atoms with van der Waals surface area (Å²) >= 11 is 12.6. The van der Waals surface area contributed by atoms with Crippen LogP contribution in [0.5, 0.6) is 0 Å². The van der Waals surface area contributed by atoms with E-state index in [-0.39, 0.29) is 0 Å². The Morgan fingerprint density at radius 1 is 0.429 bits per heavy atom. The highest BCUT2D eigenvalue weighted by Crippen LogP contribution is 2.42. The fourth-order valence-electron chi connectivity index (χ4n) is 4.78. The molecule has 0 aliphatic heterocycles. The third-order valence-corrected chi connectivity index (χ3v) is 9.36. The standard InChI is InChI=1S/C32H21Cl2P/c33-24-13-17-26(18-14-24)35(27-19-15-25(34)16-20-27)31-21-12-23-7-2-4-10-29(23)32(31)30-11-5-8-22-6-1-3-9-28(22)30/h1-21H. The molecule has 0 unspecified atom stereocenters. The van der Waals surface area contributed by atoms with E-state index in [2.05, 4.69) is 103 Å². The monoisotopic (exact) mass is 506 g/mol. The van der Waals surface area contributed by atoms with Crippen molar-refractivity contribution in [3.63, 3.8) is 0 Å². The molecule has 0 heterocycles. The molecule has 0 saturated carbocycles. The lowest BCUT2D eigenvalue weighted by atomic mass is 9.94. The Balaban J connectivity index is 1.71. The molecule has 0 spiro atoms. The molecule has 0 aliphatic carbocycles. The quantitative estimate of drug-likeness (QED) is 0.209. The van der Waals surface area contributed by atoms with E-state index in [1.165, 1.54) is 48.6 Å². The van der Waals surface area contributed by atoms with Gasteiger partial charge in [-0.15, -0.1) is 0 Å². The minimum absolute atomic E-state index is 0.743. The summed E-state index contributed by atoms with van der Waals surface area (Å²) in [4.78, 5) is 0. The summed E-state index contributed by atoms with van der Waals surface area (Å²) in [6.07, 6.45) is 0. The minimum Gasteiger partial charge on any atom is -0.0843 e. The Hall–Kier alpha value is -3.15. The van der Waals surface area contributed by atoms with Gasteiger partial charge in [0.2, 0.25) is 0 Å². The maximum absolute atomic E-state index is 6.29. The van der Waals surface area contributed by atoms with Crippen LogP contribution in [-0.2, 0) is 0 Å². The van der Waals surface area contributed by atoms with E-state index in [9.17, 15) is 0 Å². The van der Waals surface area contributed by atoms with Crippen LogP contribution in [0.4, 0.5) is 0 Å². The van der Waals surface area contributed by atoms with Crippen molar-refractivity contribution in [2.75, 3.05) is 0 Å². The van der Waals surface area contributed by atoms with Gasteiger partial charge in [0.1, 0.15) is 0 Å². The zero-order valence-electron chi connectivity index (χ0n) is 18.8. The summed E-state index contributed by atoms with van der Waals surface area (Å²) < 4.78 is 0. The zero-order valence-corrected chi connectivity index (χ0v) is 21.2. The molecule has 0 radical (unpaired) electrons.